The van der Waals surface area contributed by atoms with Crippen LogP contribution in [0.15, 0.2) is 12.3 Å². The molecular weight excluding hydrogens is 198 g/mol. The fourth-order valence-electron chi connectivity index (χ4n) is 0.971. The Morgan fingerprint density at radius 3 is 2.80 bits per heavy atom. The number of anilines is 1. The van der Waals surface area contributed by atoms with Crippen LogP contribution in [0.5, 0.6) is 0 Å². The molecule has 0 aliphatic heterocycles. The molecule has 0 aliphatic rings. The van der Waals surface area contributed by atoms with Crippen molar-refractivity contribution in [3.05, 3.63) is 12.3 Å². The van der Waals surface area contributed by atoms with Crippen LogP contribution in [0, 0.1) is 0 Å². The zero-order chi connectivity index (χ0) is 11.4. The Kier molecular flexibility index (Phi) is 3.27. The molecule has 0 bridgehead atoms. The van der Waals surface area contributed by atoms with Crippen molar-refractivity contribution in [1.29, 1.82) is 0 Å². The molecule has 15 heavy (non-hydrogen) atoms. The Morgan fingerprint density at radius 1 is 1.67 bits per heavy atom. The van der Waals surface area contributed by atoms with E-state index in [4.69, 9.17) is 11.5 Å². The summed E-state index contributed by atoms with van der Waals surface area (Å²) in [7, 11) is 0. The summed E-state index contributed by atoms with van der Waals surface area (Å²) in [5.41, 5.74) is 10.4. The smallest absolute Gasteiger partial charge is 0.242 e. The van der Waals surface area contributed by atoms with Gasteiger partial charge in [-0.25, -0.2) is 0 Å². The molecule has 0 spiro atoms. The first-order valence-electron chi connectivity index (χ1n) is 4.36. The molecule has 0 aliphatic carbocycles. The van der Waals surface area contributed by atoms with Crippen LogP contribution in [-0.4, -0.2) is 27.6 Å². The predicted molar refractivity (Wildman–Crippen MR) is 53.4 cm³/mol. The average Bonchev–Trinajstić information content (AvgIpc) is 2.50. The van der Waals surface area contributed by atoms with Crippen LogP contribution in [0.25, 0.3) is 0 Å². The molecule has 1 aromatic rings. The number of carbonyl (C=O) groups excluding carboxylic acids is 2. The van der Waals surface area contributed by atoms with Crippen LogP contribution in [0.2, 0.25) is 0 Å². The molecule has 0 aromatic carbocycles. The summed E-state index contributed by atoms with van der Waals surface area (Å²) in [6, 6.07) is 0.885. The standard InChI is InChI=1S/C8H13N5O2/c1-5(8(10)15)11-7(14)4-13-3-2-6(9)12-13/h2-3,5H,4H2,1H3,(H2,9,12)(H2,10,15)(H,11,14). The van der Waals surface area contributed by atoms with Crippen molar-refractivity contribution in [2.45, 2.75) is 19.5 Å². The van der Waals surface area contributed by atoms with E-state index in [-0.39, 0.29) is 12.5 Å². The van der Waals surface area contributed by atoms with E-state index in [1.807, 2.05) is 0 Å². The second-order valence-corrected chi connectivity index (χ2v) is 3.13. The van der Waals surface area contributed by atoms with E-state index in [9.17, 15) is 9.59 Å². The molecule has 7 nitrogen and oxygen atoms in total. The zero-order valence-electron chi connectivity index (χ0n) is 8.30. The Morgan fingerprint density at radius 2 is 2.33 bits per heavy atom. The number of rotatable bonds is 4. The lowest BCUT2D eigenvalue weighted by Crippen LogP contribution is -2.43. The summed E-state index contributed by atoms with van der Waals surface area (Å²) < 4.78 is 1.37. The number of hydrogen-bond donors (Lipinski definition) is 3. The van der Waals surface area contributed by atoms with E-state index in [2.05, 4.69) is 10.4 Å². The molecule has 1 heterocycles. The lowest BCUT2D eigenvalue weighted by molar-refractivity contribution is -0.127. The van der Waals surface area contributed by atoms with E-state index in [1.165, 1.54) is 11.6 Å². The van der Waals surface area contributed by atoms with E-state index in [0.717, 1.165) is 0 Å². The highest BCUT2D eigenvalue weighted by Gasteiger charge is 2.12. The van der Waals surface area contributed by atoms with Gasteiger partial charge in [0.05, 0.1) is 0 Å². The van der Waals surface area contributed by atoms with Gasteiger partial charge in [0.25, 0.3) is 0 Å². The van der Waals surface area contributed by atoms with Gasteiger partial charge in [-0.15, -0.1) is 0 Å². The summed E-state index contributed by atoms with van der Waals surface area (Å²) >= 11 is 0. The van der Waals surface area contributed by atoms with Crippen molar-refractivity contribution in [1.82, 2.24) is 15.1 Å². The third-order valence-corrected chi connectivity index (χ3v) is 1.77. The first kappa shape index (κ1) is 11.0. The van der Waals surface area contributed by atoms with Gasteiger partial charge in [-0.05, 0) is 13.0 Å². The maximum atomic E-state index is 11.3. The second-order valence-electron chi connectivity index (χ2n) is 3.13. The number of hydrogen-bond acceptors (Lipinski definition) is 4. The minimum absolute atomic E-state index is 0.00875. The summed E-state index contributed by atoms with van der Waals surface area (Å²) in [5, 5.41) is 6.24. The molecule has 0 saturated heterocycles. The summed E-state index contributed by atoms with van der Waals surface area (Å²) in [6.45, 7) is 1.52. The summed E-state index contributed by atoms with van der Waals surface area (Å²) in [4.78, 5) is 22.0. The van der Waals surface area contributed by atoms with Crippen molar-refractivity contribution in [2.75, 3.05) is 5.73 Å². The number of nitrogens with one attached hydrogen (secondary N) is 1. The van der Waals surface area contributed by atoms with Crippen LogP contribution in [0.4, 0.5) is 5.82 Å². The minimum atomic E-state index is -0.689. The van der Waals surface area contributed by atoms with Crippen LogP contribution in [-0.2, 0) is 16.1 Å². The van der Waals surface area contributed by atoms with Gasteiger partial charge in [0.15, 0.2) is 0 Å². The van der Waals surface area contributed by atoms with Crippen molar-refractivity contribution < 1.29 is 9.59 Å². The van der Waals surface area contributed by atoms with Gasteiger partial charge in [-0.2, -0.15) is 5.10 Å². The van der Waals surface area contributed by atoms with Crippen molar-refractivity contribution in [3.8, 4) is 0 Å². The maximum Gasteiger partial charge on any atom is 0.242 e. The molecular formula is C8H13N5O2. The van der Waals surface area contributed by atoms with Crippen molar-refractivity contribution >= 4 is 17.6 Å². The number of nitrogens with zero attached hydrogens (tertiary/aromatic N) is 2. The molecule has 1 rings (SSSR count). The molecule has 5 N–H and O–H groups in total. The molecule has 7 heteroatoms. The monoisotopic (exact) mass is 211 g/mol. The molecule has 0 fully saturated rings. The van der Waals surface area contributed by atoms with Crippen molar-refractivity contribution in [3.63, 3.8) is 0 Å². The Labute approximate surface area is 86.4 Å². The van der Waals surface area contributed by atoms with Gasteiger partial charge in [-0.3, -0.25) is 14.3 Å². The first-order valence-corrected chi connectivity index (χ1v) is 4.36. The zero-order valence-corrected chi connectivity index (χ0v) is 8.30. The number of aromatic nitrogens is 2. The first-order chi connectivity index (χ1) is 6.99. The van der Waals surface area contributed by atoms with Gasteiger partial charge < -0.3 is 16.8 Å². The number of carbonyl (C=O) groups is 2. The molecule has 2 amide bonds. The summed E-state index contributed by atoms with van der Waals surface area (Å²) in [6.07, 6.45) is 1.57. The Balaban J connectivity index is 2.46. The highest BCUT2D eigenvalue weighted by Crippen LogP contribution is 1.95. The van der Waals surface area contributed by atoms with Gasteiger partial charge in [0.1, 0.15) is 18.4 Å². The van der Waals surface area contributed by atoms with E-state index in [0.29, 0.717) is 5.82 Å². The Hall–Kier alpha value is -2.05. The van der Waals surface area contributed by atoms with Gasteiger partial charge in [0.2, 0.25) is 11.8 Å². The Bertz CT molecular complexity index is 373. The lowest BCUT2D eigenvalue weighted by atomic mass is 10.3. The topological polar surface area (TPSA) is 116 Å². The molecule has 0 saturated carbocycles. The minimum Gasteiger partial charge on any atom is -0.382 e. The number of amides is 2. The molecule has 1 atom stereocenters. The van der Waals surface area contributed by atoms with E-state index in [1.54, 1.807) is 12.3 Å². The van der Waals surface area contributed by atoms with Gasteiger partial charge in [-0.1, -0.05) is 0 Å². The quantitative estimate of drug-likeness (QED) is 0.559. The molecule has 1 aromatic heterocycles. The fourth-order valence-corrected chi connectivity index (χ4v) is 0.971. The van der Waals surface area contributed by atoms with Gasteiger partial charge >= 0.3 is 0 Å². The summed E-state index contributed by atoms with van der Waals surface area (Å²) in [5.74, 6) is -0.585. The molecule has 0 radical (unpaired) electrons. The number of nitrogen functional groups attached to an aromatic ring is 1. The highest BCUT2D eigenvalue weighted by atomic mass is 16.2. The van der Waals surface area contributed by atoms with Crippen molar-refractivity contribution in [2.24, 2.45) is 5.73 Å². The lowest BCUT2D eigenvalue weighted by Gasteiger charge is -2.09. The maximum absolute atomic E-state index is 11.3. The third kappa shape index (κ3) is 3.29. The largest absolute Gasteiger partial charge is 0.382 e. The SMILES string of the molecule is CC(NC(=O)Cn1ccc(N)n1)C(N)=O. The number of primary amides is 1. The van der Waals surface area contributed by atoms with Crippen LogP contribution < -0.4 is 16.8 Å². The normalized spacial score (nSPS) is 12.1. The highest BCUT2D eigenvalue weighted by molar-refractivity contribution is 5.86. The van der Waals surface area contributed by atoms with Crippen LogP contribution >= 0.6 is 0 Å². The van der Waals surface area contributed by atoms with E-state index < -0.39 is 11.9 Å². The molecule has 82 valence electrons. The average molecular weight is 211 g/mol. The second kappa shape index (κ2) is 4.45. The van der Waals surface area contributed by atoms with Crippen LogP contribution in [0.1, 0.15) is 6.92 Å². The van der Waals surface area contributed by atoms with E-state index >= 15 is 0 Å². The molecule has 1 unspecified atom stereocenters. The number of nitrogens with two attached hydrogens (primary N) is 2. The third-order valence-electron chi connectivity index (χ3n) is 1.77. The van der Waals surface area contributed by atoms with Gasteiger partial charge in [0, 0.05) is 6.20 Å². The fraction of sp³-hybridized carbons (Fsp3) is 0.375. The van der Waals surface area contributed by atoms with Crippen LogP contribution in [0.3, 0.4) is 0 Å². The predicted octanol–water partition coefficient (Wildman–Crippen LogP) is -1.54.